The van der Waals surface area contributed by atoms with Gasteiger partial charge in [-0.2, -0.15) is 11.8 Å². The second kappa shape index (κ2) is 25.0. The van der Waals surface area contributed by atoms with Crippen molar-refractivity contribution in [1.82, 2.24) is 0 Å². The van der Waals surface area contributed by atoms with Gasteiger partial charge in [0.1, 0.15) is 47.7 Å². The second-order valence-corrected chi connectivity index (χ2v) is 23.5. The van der Waals surface area contributed by atoms with E-state index in [2.05, 4.69) is 285 Å². The van der Waals surface area contributed by atoms with Crippen LogP contribution in [0.15, 0.2) is 273 Å². The van der Waals surface area contributed by atoms with Gasteiger partial charge in [0, 0.05) is 0 Å². The van der Waals surface area contributed by atoms with Crippen molar-refractivity contribution >= 4 is 90.0 Å². The van der Waals surface area contributed by atoms with Crippen LogP contribution in [-0.2, 0) is 11.8 Å². The molecule has 0 saturated carbocycles. The highest BCUT2D eigenvalue weighted by Gasteiger charge is 2.26. The Morgan fingerprint density at radius 3 is 0.371 bits per heavy atom. The van der Waals surface area contributed by atoms with Crippen LogP contribution in [0.4, 0.5) is 0 Å². The van der Waals surface area contributed by atoms with Gasteiger partial charge < -0.3 is 21.4 Å². The van der Waals surface area contributed by atoms with E-state index < -0.39 is 30.5 Å². The first-order valence-electron chi connectivity index (χ1n) is 20.2. The predicted molar refractivity (Wildman–Crippen MR) is 274 cm³/mol. The monoisotopic (exact) mass is 900 g/mol. The Kier molecular flexibility index (Phi) is 18.7. The van der Waals surface area contributed by atoms with Gasteiger partial charge in [-0.3, -0.25) is 0 Å². The summed E-state index contributed by atoms with van der Waals surface area (Å²) in [5.41, 5.74) is 0. The van der Waals surface area contributed by atoms with Gasteiger partial charge in [0.25, 0.3) is 0 Å². The molecule has 9 aromatic rings. The van der Waals surface area contributed by atoms with E-state index in [-0.39, 0.29) is 0 Å². The summed E-state index contributed by atoms with van der Waals surface area (Å²) in [5, 5.41) is 12.9. The Balaban J connectivity index is 0.000000147. The van der Waals surface area contributed by atoms with Crippen molar-refractivity contribution < 1.29 is 14.7 Å². The van der Waals surface area contributed by atoms with Crippen molar-refractivity contribution in [2.45, 2.75) is 0 Å². The first-order chi connectivity index (χ1) is 30.3. The average Bonchev–Trinajstić information content (AvgIpc) is 3.32. The Morgan fingerprint density at radius 1 is 0.210 bits per heavy atom. The summed E-state index contributed by atoms with van der Waals surface area (Å²) in [6.07, 6.45) is 0. The van der Waals surface area contributed by atoms with Gasteiger partial charge in [-0.15, -0.1) is 0 Å². The molecule has 62 heavy (non-hydrogen) atoms. The third-order valence-electron chi connectivity index (χ3n) is 9.56. The molecule has 0 saturated heterocycles. The molecule has 0 unspecified atom stereocenters. The van der Waals surface area contributed by atoms with Crippen LogP contribution in [0.25, 0.3) is 0 Å². The van der Waals surface area contributed by atoms with E-state index in [9.17, 15) is 0 Å². The third kappa shape index (κ3) is 15.0. The summed E-state index contributed by atoms with van der Waals surface area (Å²) in [6, 6.07) is 97.5. The van der Waals surface area contributed by atoms with Crippen LogP contribution in [0.5, 0.6) is 0 Å². The number of hydrogen-bond donors (Lipinski definition) is 0. The summed E-state index contributed by atoms with van der Waals surface area (Å²) in [5.74, 6) is 0. The third-order valence-corrected chi connectivity index (χ3v) is 17.8. The maximum absolute atomic E-state index is 8.92. The smallest absolute Gasteiger partial charge is 0.102 e. The van der Waals surface area contributed by atoms with Gasteiger partial charge in [0.15, 0.2) is 0 Å². The highest BCUT2D eigenvalue weighted by molar-refractivity contribution is 8.04. The molecule has 0 radical (unpaired) electrons. The van der Waals surface area contributed by atoms with E-state index in [4.69, 9.17) is 14.7 Å². The summed E-state index contributed by atoms with van der Waals surface area (Å²) in [6.45, 7) is -4.56. The van der Waals surface area contributed by atoms with Gasteiger partial charge >= 0.3 is 0 Å². The Bertz CT molecular complexity index is 2040. The fraction of sp³-hybridized carbons (Fsp3) is 0. The molecular formula is C54H48O3P4S. The molecule has 9 rings (SSSR count). The van der Waals surface area contributed by atoms with Crippen LogP contribution in [0, 0.1) is 0 Å². The van der Waals surface area contributed by atoms with E-state index in [1.807, 2.05) is 0 Å². The molecular weight excluding hydrogens is 853 g/mol. The number of benzene rings is 9. The van der Waals surface area contributed by atoms with E-state index >= 15 is 0 Å². The topological polar surface area (TPSA) is 69.2 Å². The van der Waals surface area contributed by atoms with E-state index in [0.717, 1.165) is 0 Å². The fourth-order valence-electron chi connectivity index (χ4n) is 6.94. The highest BCUT2D eigenvalue weighted by Crippen LogP contribution is 2.34. The van der Waals surface area contributed by atoms with Crippen molar-refractivity contribution in [2.75, 3.05) is 0 Å². The SMILES string of the molecule is [O-]P([O-])([O-])=S.c1ccc([PH+](c2ccccc2)c2ccccc2)cc1.c1ccc([PH+](c2ccccc2)c2ccccc2)cc1.c1ccc([PH+](c2ccccc2)c2ccccc2)cc1. The maximum Gasteiger partial charge on any atom is 0.102 e. The van der Waals surface area contributed by atoms with Crippen LogP contribution >= 0.6 is 30.5 Å². The van der Waals surface area contributed by atoms with Crippen molar-refractivity contribution in [1.29, 1.82) is 0 Å². The Labute approximate surface area is 375 Å². The lowest BCUT2D eigenvalue weighted by Gasteiger charge is -2.43. The fourth-order valence-corrected chi connectivity index (χ4v) is 14.7. The molecule has 9 aromatic carbocycles. The van der Waals surface area contributed by atoms with Crippen molar-refractivity contribution in [3.05, 3.63) is 273 Å². The van der Waals surface area contributed by atoms with Gasteiger partial charge in [-0.25, -0.2) is 0 Å². The van der Waals surface area contributed by atoms with E-state index in [0.29, 0.717) is 0 Å². The molecule has 0 bridgehead atoms. The standard InChI is InChI=1S/3C18H15P.H3O3PS/c3*1-4-10-16(11-5-1)19(17-12-6-2-7-13-17)18-14-8-3-9-15-18;1-4(2,3)5/h3*1-15H;(H3,1,2,3,5). The summed E-state index contributed by atoms with van der Waals surface area (Å²) in [7, 11) is -2.63. The molecule has 0 amide bonds. The quantitative estimate of drug-likeness (QED) is 0.149. The highest BCUT2D eigenvalue weighted by atomic mass is 32.5. The summed E-state index contributed by atoms with van der Waals surface area (Å²) >= 11 is 3.27. The van der Waals surface area contributed by atoms with Gasteiger partial charge in [0.2, 0.25) is 0 Å². The van der Waals surface area contributed by atoms with Gasteiger partial charge in [-0.1, -0.05) is 164 Å². The van der Waals surface area contributed by atoms with Crippen molar-refractivity contribution in [2.24, 2.45) is 0 Å². The largest absolute Gasteiger partial charge is 0.844 e. The van der Waals surface area contributed by atoms with Gasteiger partial charge in [0.05, 0.1) is 23.8 Å². The molecule has 0 spiro atoms. The average molecular weight is 901 g/mol. The van der Waals surface area contributed by atoms with Crippen molar-refractivity contribution in [3.8, 4) is 0 Å². The molecule has 308 valence electrons. The van der Waals surface area contributed by atoms with Gasteiger partial charge in [-0.05, 0) is 109 Å². The molecule has 0 aliphatic rings. The molecule has 0 heterocycles. The molecule has 0 atom stereocenters. The van der Waals surface area contributed by atoms with E-state index in [1.165, 1.54) is 47.7 Å². The van der Waals surface area contributed by atoms with Crippen LogP contribution in [0.3, 0.4) is 0 Å². The lowest BCUT2D eigenvalue weighted by Crippen LogP contribution is -2.23. The van der Waals surface area contributed by atoms with Crippen LogP contribution in [0.2, 0.25) is 0 Å². The lowest BCUT2D eigenvalue weighted by atomic mass is 10.4. The summed E-state index contributed by atoms with van der Waals surface area (Å²) < 4.78 is 0. The Hall–Kier alpha value is -5.20. The number of hydrogen-bond acceptors (Lipinski definition) is 4. The summed E-state index contributed by atoms with van der Waals surface area (Å²) in [4.78, 5) is 26.8. The molecule has 0 aliphatic carbocycles. The van der Waals surface area contributed by atoms with Crippen molar-refractivity contribution in [3.63, 3.8) is 0 Å². The molecule has 0 N–H and O–H groups in total. The predicted octanol–water partition coefficient (Wildman–Crippen LogP) is 6.82. The molecule has 8 heteroatoms. The first kappa shape index (κ1) is 46.3. The zero-order chi connectivity index (χ0) is 43.2. The van der Waals surface area contributed by atoms with Crippen LogP contribution in [0.1, 0.15) is 0 Å². The minimum atomic E-state index is -4.56. The molecule has 3 nitrogen and oxygen atoms in total. The van der Waals surface area contributed by atoms with E-state index in [1.54, 1.807) is 0 Å². The number of rotatable bonds is 9. The second-order valence-electron chi connectivity index (χ2n) is 13.9. The first-order valence-corrected chi connectivity index (χ1v) is 27.2. The van der Waals surface area contributed by atoms with Crippen LogP contribution < -0.4 is 62.4 Å². The lowest BCUT2D eigenvalue weighted by molar-refractivity contribution is -0.411. The zero-order valence-electron chi connectivity index (χ0n) is 34.1. The molecule has 0 aromatic heterocycles. The van der Waals surface area contributed by atoms with Crippen LogP contribution in [-0.4, -0.2) is 0 Å². The minimum Gasteiger partial charge on any atom is -0.844 e. The zero-order valence-corrected chi connectivity index (χ0v) is 38.8. The molecule has 0 aliphatic heterocycles. The maximum atomic E-state index is 8.92. The minimum absolute atomic E-state index is 0.877. The Morgan fingerprint density at radius 2 is 0.290 bits per heavy atom. The normalized spacial score (nSPS) is 10.7. The molecule has 0 fully saturated rings.